The predicted octanol–water partition coefficient (Wildman–Crippen LogP) is 4.00. The minimum Gasteiger partial charge on any atom is -0.122 e. The molecule has 2 unspecified atom stereocenters. The smallest absolute Gasteiger partial charge is 0.0302 e. The summed E-state index contributed by atoms with van der Waals surface area (Å²) in [7, 11) is 1.16. The SMILES string of the molecule is CCPCC(C)C(C)(C)C(C)C. The van der Waals surface area contributed by atoms with Crippen molar-refractivity contribution in [2.75, 3.05) is 12.3 Å². The third-order valence-electron chi connectivity index (χ3n) is 3.46. The Hall–Kier alpha value is 0.430. The van der Waals surface area contributed by atoms with Crippen molar-refractivity contribution in [3.8, 4) is 0 Å². The van der Waals surface area contributed by atoms with Crippen LogP contribution in [0, 0.1) is 17.3 Å². The number of rotatable bonds is 5. The lowest BCUT2D eigenvalue weighted by Gasteiger charge is -2.36. The van der Waals surface area contributed by atoms with Gasteiger partial charge in [0.2, 0.25) is 0 Å². The van der Waals surface area contributed by atoms with Crippen LogP contribution in [0.1, 0.15) is 41.5 Å². The maximum atomic E-state index is 2.41. The zero-order valence-electron chi connectivity index (χ0n) is 9.57. The van der Waals surface area contributed by atoms with Crippen LogP contribution in [0.15, 0.2) is 0 Å². The maximum Gasteiger partial charge on any atom is -0.0302 e. The minimum absolute atomic E-state index is 0.516. The van der Waals surface area contributed by atoms with Gasteiger partial charge in [0.15, 0.2) is 0 Å². The highest BCUT2D eigenvalue weighted by Gasteiger charge is 2.28. The molecule has 0 bridgehead atoms. The van der Waals surface area contributed by atoms with Gasteiger partial charge in [-0.05, 0) is 29.6 Å². The van der Waals surface area contributed by atoms with E-state index in [1.165, 1.54) is 12.3 Å². The first kappa shape index (κ1) is 12.4. The Balaban J connectivity index is 3.97. The van der Waals surface area contributed by atoms with E-state index in [2.05, 4.69) is 41.5 Å². The van der Waals surface area contributed by atoms with Crippen LogP contribution >= 0.6 is 8.58 Å². The van der Waals surface area contributed by atoms with Crippen molar-refractivity contribution in [2.24, 2.45) is 17.3 Å². The first-order chi connectivity index (χ1) is 5.42. The van der Waals surface area contributed by atoms with Crippen LogP contribution < -0.4 is 0 Å². The summed E-state index contributed by atoms with van der Waals surface area (Å²) in [5.41, 5.74) is 0.516. The minimum atomic E-state index is 0.516. The molecule has 0 radical (unpaired) electrons. The zero-order valence-corrected chi connectivity index (χ0v) is 10.6. The second-order valence-electron chi connectivity index (χ2n) is 4.68. The molecule has 0 N–H and O–H groups in total. The number of hydrogen-bond acceptors (Lipinski definition) is 0. The molecule has 0 rings (SSSR count). The third-order valence-corrected chi connectivity index (χ3v) is 4.86. The van der Waals surface area contributed by atoms with Gasteiger partial charge in [0.25, 0.3) is 0 Å². The lowest BCUT2D eigenvalue weighted by molar-refractivity contribution is 0.168. The Morgan fingerprint density at radius 3 is 2.00 bits per heavy atom. The summed E-state index contributed by atoms with van der Waals surface area (Å²) in [6.45, 7) is 14.2. The molecule has 0 nitrogen and oxygen atoms in total. The van der Waals surface area contributed by atoms with Gasteiger partial charge in [0.1, 0.15) is 0 Å². The molecule has 0 aromatic rings. The first-order valence-electron chi connectivity index (χ1n) is 5.13. The molecule has 1 heteroatoms. The fourth-order valence-corrected chi connectivity index (χ4v) is 2.44. The molecule has 0 heterocycles. The molecular formula is C11H25P. The summed E-state index contributed by atoms with van der Waals surface area (Å²) >= 11 is 0. The monoisotopic (exact) mass is 188 g/mol. The quantitative estimate of drug-likeness (QED) is 0.572. The van der Waals surface area contributed by atoms with Crippen molar-refractivity contribution >= 4 is 8.58 Å². The summed E-state index contributed by atoms with van der Waals surface area (Å²) < 4.78 is 0. The lowest BCUT2D eigenvalue weighted by atomic mass is 9.72. The predicted molar refractivity (Wildman–Crippen MR) is 61.5 cm³/mol. The van der Waals surface area contributed by atoms with Gasteiger partial charge in [0.05, 0.1) is 0 Å². The van der Waals surface area contributed by atoms with Crippen LogP contribution in [0.25, 0.3) is 0 Å². The van der Waals surface area contributed by atoms with E-state index in [0.717, 1.165) is 20.4 Å². The molecule has 0 aromatic heterocycles. The van der Waals surface area contributed by atoms with Crippen molar-refractivity contribution < 1.29 is 0 Å². The van der Waals surface area contributed by atoms with E-state index in [9.17, 15) is 0 Å². The van der Waals surface area contributed by atoms with E-state index in [0.29, 0.717) is 5.41 Å². The van der Waals surface area contributed by atoms with Gasteiger partial charge in [-0.3, -0.25) is 0 Å². The van der Waals surface area contributed by atoms with Crippen LogP contribution in [0.2, 0.25) is 0 Å². The highest BCUT2D eigenvalue weighted by atomic mass is 31.1. The summed E-state index contributed by atoms with van der Waals surface area (Å²) in [4.78, 5) is 0. The topological polar surface area (TPSA) is 0 Å². The van der Waals surface area contributed by atoms with Crippen molar-refractivity contribution in [3.63, 3.8) is 0 Å². The Morgan fingerprint density at radius 1 is 1.17 bits per heavy atom. The van der Waals surface area contributed by atoms with Crippen LogP contribution in [-0.4, -0.2) is 12.3 Å². The normalized spacial score (nSPS) is 16.2. The molecule has 2 atom stereocenters. The standard InChI is InChI=1S/C11H25P/c1-7-12-8-10(4)11(5,6)9(2)3/h9-10,12H,7-8H2,1-6H3. The van der Waals surface area contributed by atoms with Crippen molar-refractivity contribution in [2.45, 2.75) is 41.5 Å². The molecule has 0 saturated heterocycles. The molecule has 0 aliphatic rings. The second kappa shape index (κ2) is 5.22. The fourth-order valence-electron chi connectivity index (χ4n) is 1.19. The highest BCUT2D eigenvalue weighted by Crippen LogP contribution is 2.37. The first-order valence-corrected chi connectivity index (χ1v) is 6.55. The summed E-state index contributed by atoms with van der Waals surface area (Å²) in [5.74, 6) is 1.67. The summed E-state index contributed by atoms with van der Waals surface area (Å²) in [6, 6.07) is 0. The summed E-state index contributed by atoms with van der Waals surface area (Å²) in [5, 5.41) is 0. The molecule has 0 aromatic carbocycles. The van der Waals surface area contributed by atoms with E-state index < -0.39 is 0 Å². The number of hydrogen-bond donors (Lipinski definition) is 0. The van der Waals surface area contributed by atoms with Crippen LogP contribution in [0.5, 0.6) is 0 Å². The van der Waals surface area contributed by atoms with Gasteiger partial charge in [-0.25, -0.2) is 0 Å². The molecule has 0 amide bonds. The molecule has 0 spiro atoms. The van der Waals surface area contributed by atoms with E-state index >= 15 is 0 Å². The molecule has 74 valence electrons. The molecule has 0 fully saturated rings. The highest BCUT2D eigenvalue weighted by molar-refractivity contribution is 7.37. The van der Waals surface area contributed by atoms with E-state index in [-0.39, 0.29) is 0 Å². The Bertz CT molecular complexity index is 116. The molecule has 0 aliphatic heterocycles. The van der Waals surface area contributed by atoms with Crippen molar-refractivity contribution in [1.82, 2.24) is 0 Å². The second-order valence-corrected chi connectivity index (χ2v) is 6.30. The van der Waals surface area contributed by atoms with E-state index in [4.69, 9.17) is 0 Å². The maximum absolute atomic E-state index is 2.41. The van der Waals surface area contributed by atoms with Crippen LogP contribution in [0.4, 0.5) is 0 Å². The van der Waals surface area contributed by atoms with Gasteiger partial charge in [-0.1, -0.05) is 41.5 Å². The molecule has 0 aliphatic carbocycles. The Kier molecular flexibility index (Phi) is 5.41. The van der Waals surface area contributed by atoms with Gasteiger partial charge in [-0.15, -0.1) is 8.58 Å². The lowest BCUT2D eigenvalue weighted by Crippen LogP contribution is -2.28. The van der Waals surface area contributed by atoms with Gasteiger partial charge < -0.3 is 0 Å². The van der Waals surface area contributed by atoms with Gasteiger partial charge in [0, 0.05) is 0 Å². The summed E-state index contributed by atoms with van der Waals surface area (Å²) in [6.07, 6.45) is 2.78. The average molecular weight is 188 g/mol. The zero-order chi connectivity index (χ0) is 9.78. The van der Waals surface area contributed by atoms with E-state index in [1.54, 1.807) is 0 Å². The Morgan fingerprint density at radius 2 is 1.67 bits per heavy atom. The van der Waals surface area contributed by atoms with Crippen LogP contribution in [0.3, 0.4) is 0 Å². The third kappa shape index (κ3) is 3.44. The largest absolute Gasteiger partial charge is 0.122 e. The van der Waals surface area contributed by atoms with Gasteiger partial charge >= 0.3 is 0 Å². The molecular weight excluding hydrogens is 163 g/mol. The van der Waals surface area contributed by atoms with E-state index in [1.807, 2.05) is 0 Å². The Labute approximate surface area is 80.3 Å². The average Bonchev–Trinajstić information content (AvgIpc) is 1.99. The molecule has 0 saturated carbocycles. The van der Waals surface area contributed by atoms with Crippen molar-refractivity contribution in [3.05, 3.63) is 0 Å². The van der Waals surface area contributed by atoms with Gasteiger partial charge in [-0.2, -0.15) is 0 Å². The fraction of sp³-hybridized carbons (Fsp3) is 1.00. The van der Waals surface area contributed by atoms with Crippen molar-refractivity contribution in [1.29, 1.82) is 0 Å². The molecule has 12 heavy (non-hydrogen) atoms. The van der Waals surface area contributed by atoms with Crippen LogP contribution in [-0.2, 0) is 0 Å².